The van der Waals surface area contributed by atoms with Crippen LogP contribution in [0.2, 0.25) is 0 Å². The molecule has 4 rings (SSSR count). The van der Waals surface area contributed by atoms with Crippen molar-refractivity contribution in [3.63, 3.8) is 0 Å². The summed E-state index contributed by atoms with van der Waals surface area (Å²) in [7, 11) is 3.06. The van der Waals surface area contributed by atoms with Gasteiger partial charge in [-0.25, -0.2) is 0 Å². The number of Topliss-reactive ketones (excluding diaryl/α,β-unsaturated/α-hetero) is 1. The third-order valence-electron chi connectivity index (χ3n) is 5.82. The molecule has 4 aromatic rings. The molecule has 0 aliphatic carbocycles. The highest BCUT2D eigenvalue weighted by molar-refractivity contribution is 8.00. The van der Waals surface area contributed by atoms with E-state index in [0.717, 1.165) is 4.90 Å². The van der Waals surface area contributed by atoms with Gasteiger partial charge >= 0.3 is 0 Å². The van der Waals surface area contributed by atoms with Crippen LogP contribution in [0.15, 0.2) is 114 Å². The van der Waals surface area contributed by atoms with Crippen molar-refractivity contribution in [1.82, 2.24) is 5.32 Å². The first-order valence-corrected chi connectivity index (χ1v) is 13.4. The van der Waals surface area contributed by atoms with Gasteiger partial charge in [0.25, 0.3) is 11.8 Å². The molecule has 2 N–H and O–H groups in total. The van der Waals surface area contributed by atoms with E-state index in [1.165, 1.54) is 24.9 Å². The van der Waals surface area contributed by atoms with Crippen LogP contribution >= 0.6 is 11.8 Å². The summed E-state index contributed by atoms with van der Waals surface area (Å²) in [5.41, 5.74) is 2.12. The second-order valence-electron chi connectivity index (χ2n) is 8.55. The van der Waals surface area contributed by atoms with Gasteiger partial charge in [0.1, 0.15) is 17.2 Å². The lowest BCUT2D eigenvalue weighted by Crippen LogP contribution is -2.30. The molecule has 0 aromatic heterocycles. The second kappa shape index (κ2) is 13.8. The number of thioether (sulfide) groups is 1. The molecule has 0 heterocycles. The van der Waals surface area contributed by atoms with Gasteiger partial charge in [-0.1, -0.05) is 54.6 Å². The molecule has 0 saturated heterocycles. The lowest BCUT2D eigenvalue weighted by molar-refractivity contribution is -0.113. The van der Waals surface area contributed by atoms with Gasteiger partial charge in [0.05, 0.1) is 20.0 Å². The number of carbonyl (C=O) groups excluding carboxylic acids is 3. The van der Waals surface area contributed by atoms with E-state index >= 15 is 0 Å². The van der Waals surface area contributed by atoms with Gasteiger partial charge in [0, 0.05) is 27.3 Å². The third-order valence-corrected chi connectivity index (χ3v) is 6.82. The summed E-state index contributed by atoms with van der Waals surface area (Å²) < 4.78 is 10.8. The summed E-state index contributed by atoms with van der Waals surface area (Å²) in [6, 6.07) is 30.1. The van der Waals surface area contributed by atoms with E-state index in [4.69, 9.17) is 9.47 Å². The van der Waals surface area contributed by atoms with E-state index in [-0.39, 0.29) is 17.2 Å². The van der Waals surface area contributed by atoms with Crippen LogP contribution in [0.1, 0.15) is 26.3 Å². The lowest BCUT2D eigenvalue weighted by Gasteiger charge is -2.13. The molecule has 40 heavy (non-hydrogen) atoms. The van der Waals surface area contributed by atoms with E-state index in [1.807, 2.05) is 24.3 Å². The molecular weight excluding hydrogens is 524 g/mol. The van der Waals surface area contributed by atoms with E-state index in [1.54, 1.807) is 86.0 Å². The Kier molecular flexibility index (Phi) is 9.74. The molecule has 0 aliphatic heterocycles. The Hall–Kier alpha value is -4.82. The Morgan fingerprint density at radius 1 is 0.775 bits per heavy atom. The average molecular weight is 553 g/mol. The number of amides is 2. The zero-order valence-corrected chi connectivity index (χ0v) is 22.9. The van der Waals surface area contributed by atoms with Crippen molar-refractivity contribution in [2.24, 2.45) is 0 Å². The topological polar surface area (TPSA) is 93.7 Å². The fourth-order valence-electron chi connectivity index (χ4n) is 3.77. The van der Waals surface area contributed by atoms with Crippen molar-refractivity contribution in [2.75, 3.05) is 25.3 Å². The van der Waals surface area contributed by atoms with Gasteiger partial charge in [0.15, 0.2) is 5.78 Å². The molecule has 4 aromatic carbocycles. The average Bonchev–Trinajstić information content (AvgIpc) is 3.00. The Balaban J connectivity index is 1.56. The predicted octanol–water partition coefficient (Wildman–Crippen LogP) is 6.09. The van der Waals surface area contributed by atoms with Crippen LogP contribution in [0.5, 0.6) is 11.5 Å². The van der Waals surface area contributed by atoms with E-state index < -0.39 is 11.8 Å². The van der Waals surface area contributed by atoms with Crippen LogP contribution in [0, 0.1) is 0 Å². The van der Waals surface area contributed by atoms with Gasteiger partial charge in [-0.15, -0.1) is 11.8 Å². The molecule has 0 bridgehead atoms. The van der Waals surface area contributed by atoms with Gasteiger partial charge in [0.2, 0.25) is 0 Å². The number of methoxy groups -OCH3 is 2. The minimum absolute atomic E-state index is 0.0118. The number of ketones is 1. The highest BCUT2D eigenvalue weighted by Gasteiger charge is 2.17. The Morgan fingerprint density at radius 2 is 1.48 bits per heavy atom. The van der Waals surface area contributed by atoms with Crippen molar-refractivity contribution < 1.29 is 23.9 Å². The minimum atomic E-state index is -0.531. The fraction of sp³-hybridized carbons (Fsp3) is 0.0938. The van der Waals surface area contributed by atoms with Gasteiger partial charge in [-0.05, 0) is 54.6 Å². The number of ether oxygens (including phenoxy) is 2. The monoisotopic (exact) mass is 552 g/mol. The molecule has 0 spiro atoms. The predicted molar refractivity (Wildman–Crippen MR) is 158 cm³/mol. The van der Waals surface area contributed by atoms with Gasteiger partial charge in [-0.3, -0.25) is 14.4 Å². The zero-order chi connectivity index (χ0) is 28.3. The number of carbonyl (C=O) groups is 3. The normalized spacial score (nSPS) is 10.9. The van der Waals surface area contributed by atoms with E-state index in [9.17, 15) is 14.4 Å². The molecule has 0 fully saturated rings. The largest absolute Gasteiger partial charge is 0.497 e. The Labute approximate surface area is 237 Å². The zero-order valence-electron chi connectivity index (χ0n) is 22.0. The highest BCUT2D eigenvalue weighted by Crippen LogP contribution is 2.27. The molecule has 0 atom stereocenters. The smallest absolute Gasteiger partial charge is 0.272 e. The van der Waals surface area contributed by atoms with E-state index in [2.05, 4.69) is 10.6 Å². The van der Waals surface area contributed by atoms with Crippen LogP contribution in [0.4, 0.5) is 5.69 Å². The van der Waals surface area contributed by atoms with Crippen molar-refractivity contribution in [2.45, 2.75) is 4.90 Å². The van der Waals surface area contributed by atoms with Crippen molar-refractivity contribution >= 4 is 41.1 Å². The maximum Gasteiger partial charge on any atom is 0.272 e. The molecule has 0 unspecified atom stereocenters. The molecule has 2 amide bonds. The SMILES string of the molecule is COc1ccc(OC)c(/C=C(\NC(=O)c2ccccc2)C(=O)Nc2cccc(SCC(=O)c3ccccc3)c2)c1. The maximum atomic E-state index is 13.5. The quantitative estimate of drug-likeness (QED) is 0.133. The standard InChI is InChI=1S/C32H28N2O5S/c1-38-26-16-17-30(39-2)24(18-26)19-28(34-31(36)23-12-7-4-8-13-23)32(37)33-25-14-9-15-27(20-25)40-21-29(35)22-10-5-3-6-11-22/h3-20H,21H2,1-2H3,(H,33,37)(H,34,36)/b28-19-. The summed E-state index contributed by atoms with van der Waals surface area (Å²) >= 11 is 1.38. The number of benzene rings is 4. The van der Waals surface area contributed by atoms with Crippen LogP contribution in [-0.4, -0.2) is 37.6 Å². The first-order chi connectivity index (χ1) is 19.5. The molecule has 8 heteroatoms. The Morgan fingerprint density at radius 3 is 2.15 bits per heavy atom. The van der Waals surface area contributed by atoms with Crippen LogP contribution in [0.25, 0.3) is 6.08 Å². The number of anilines is 1. The van der Waals surface area contributed by atoms with Crippen LogP contribution in [-0.2, 0) is 4.79 Å². The first-order valence-electron chi connectivity index (χ1n) is 12.4. The highest BCUT2D eigenvalue weighted by atomic mass is 32.2. The number of hydrogen-bond donors (Lipinski definition) is 2. The van der Waals surface area contributed by atoms with Crippen LogP contribution in [0.3, 0.4) is 0 Å². The second-order valence-corrected chi connectivity index (χ2v) is 9.59. The van der Waals surface area contributed by atoms with E-state index in [0.29, 0.717) is 33.9 Å². The number of nitrogens with one attached hydrogen (secondary N) is 2. The molecule has 0 aliphatic rings. The summed E-state index contributed by atoms with van der Waals surface area (Å²) in [6.07, 6.45) is 1.54. The van der Waals surface area contributed by atoms with Gasteiger partial charge < -0.3 is 20.1 Å². The molecule has 0 saturated carbocycles. The number of rotatable bonds is 11. The molecule has 202 valence electrons. The van der Waals surface area contributed by atoms with Crippen molar-refractivity contribution in [3.8, 4) is 11.5 Å². The maximum absolute atomic E-state index is 13.5. The Bertz CT molecular complexity index is 1520. The van der Waals surface area contributed by atoms with Crippen molar-refractivity contribution in [3.05, 3.63) is 126 Å². The summed E-state index contributed by atoms with van der Waals surface area (Å²) in [4.78, 5) is 39.8. The summed E-state index contributed by atoms with van der Waals surface area (Å²) in [5.74, 6) is 0.373. The fourth-order valence-corrected chi connectivity index (χ4v) is 4.62. The lowest BCUT2D eigenvalue weighted by atomic mass is 10.1. The third kappa shape index (κ3) is 7.61. The van der Waals surface area contributed by atoms with Gasteiger partial charge in [-0.2, -0.15) is 0 Å². The molecule has 0 radical (unpaired) electrons. The number of hydrogen-bond acceptors (Lipinski definition) is 6. The molecular formula is C32H28N2O5S. The minimum Gasteiger partial charge on any atom is -0.497 e. The molecule has 7 nitrogen and oxygen atoms in total. The van der Waals surface area contributed by atoms with Crippen LogP contribution < -0.4 is 20.1 Å². The van der Waals surface area contributed by atoms with Crippen molar-refractivity contribution in [1.29, 1.82) is 0 Å². The summed E-state index contributed by atoms with van der Waals surface area (Å²) in [6.45, 7) is 0. The summed E-state index contributed by atoms with van der Waals surface area (Å²) in [5, 5.41) is 5.58. The first kappa shape index (κ1) is 28.2.